The third-order valence-electron chi connectivity index (χ3n) is 0.960. The normalized spacial score (nSPS) is 8.17. The number of carbonyl (C=O) groups is 2. The Hall–Kier alpha value is -1.06. The van der Waals surface area contributed by atoms with E-state index in [2.05, 4.69) is 0 Å². The molecule has 0 saturated heterocycles. The Morgan fingerprint density at radius 1 is 1.17 bits per heavy atom. The van der Waals surface area contributed by atoms with Gasteiger partial charge in [-0.05, 0) is 12.8 Å². The van der Waals surface area contributed by atoms with Gasteiger partial charge in [-0.1, -0.05) is 13.8 Å². The molecule has 0 heterocycles. The van der Waals surface area contributed by atoms with Crippen LogP contribution in [0.3, 0.4) is 0 Å². The average molecular weight is 175 g/mol. The van der Waals surface area contributed by atoms with E-state index in [1.807, 2.05) is 13.8 Å². The van der Waals surface area contributed by atoms with Gasteiger partial charge in [-0.2, -0.15) is 0 Å². The summed E-state index contributed by atoms with van der Waals surface area (Å²) in [5, 5.41) is 7.91. The zero-order valence-electron chi connectivity index (χ0n) is 7.67. The molecule has 0 saturated carbocycles. The molecule has 0 aliphatic carbocycles. The fourth-order valence-electron chi connectivity index (χ4n) is 0.460. The predicted octanol–water partition coefficient (Wildman–Crippen LogP) is 1.14. The molecule has 72 valence electrons. The summed E-state index contributed by atoms with van der Waals surface area (Å²) in [6, 6.07) is 0. The van der Waals surface area contributed by atoms with E-state index in [0.29, 0.717) is 12.8 Å². The monoisotopic (exact) mass is 175 g/mol. The molecule has 0 bridgehead atoms. The molecule has 0 aromatic heterocycles. The van der Waals surface area contributed by atoms with Gasteiger partial charge < -0.3 is 10.8 Å². The third-order valence-corrected chi connectivity index (χ3v) is 0.960. The van der Waals surface area contributed by atoms with E-state index in [4.69, 9.17) is 10.8 Å². The lowest BCUT2D eigenvalue weighted by atomic mass is 10.3. The van der Waals surface area contributed by atoms with Crippen LogP contribution in [0, 0.1) is 0 Å². The van der Waals surface area contributed by atoms with Gasteiger partial charge in [-0.15, -0.1) is 0 Å². The van der Waals surface area contributed by atoms with Gasteiger partial charge in [0.05, 0.1) is 0 Å². The molecule has 1 amide bonds. The molecule has 0 aromatic carbocycles. The highest BCUT2D eigenvalue weighted by atomic mass is 16.4. The van der Waals surface area contributed by atoms with Crippen LogP contribution in [0.4, 0.5) is 0 Å². The second-order valence-corrected chi connectivity index (χ2v) is 2.36. The van der Waals surface area contributed by atoms with Gasteiger partial charge in [0, 0.05) is 12.8 Å². The minimum atomic E-state index is -0.711. The number of carboxylic acids is 1. The summed E-state index contributed by atoms with van der Waals surface area (Å²) in [6.07, 6.45) is 2.39. The summed E-state index contributed by atoms with van der Waals surface area (Å²) in [5.74, 6) is -0.921. The number of rotatable bonds is 4. The number of carboxylic acid groups (broad SMARTS) is 1. The summed E-state index contributed by atoms with van der Waals surface area (Å²) >= 11 is 0. The molecule has 3 N–H and O–H groups in total. The van der Waals surface area contributed by atoms with Crippen LogP contribution in [0.1, 0.15) is 39.5 Å². The second-order valence-electron chi connectivity index (χ2n) is 2.36. The fraction of sp³-hybridized carbons (Fsp3) is 0.750. The van der Waals surface area contributed by atoms with Crippen molar-refractivity contribution in [3.05, 3.63) is 0 Å². The highest BCUT2D eigenvalue weighted by molar-refractivity contribution is 5.73. The molecule has 0 unspecified atom stereocenters. The van der Waals surface area contributed by atoms with Gasteiger partial charge >= 0.3 is 5.97 Å². The Labute approximate surface area is 72.8 Å². The fourth-order valence-corrected chi connectivity index (χ4v) is 0.460. The lowest BCUT2D eigenvalue weighted by Gasteiger charge is -1.81. The van der Waals surface area contributed by atoms with E-state index in [-0.39, 0.29) is 5.91 Å². The molecule has 0 atom stereocenters. The largest absolute Gasteiger partial charge is 0.481 e. The van der Waals surface area contributed by atoms with Gasteiger partial charge in [0.15, 0.2) is 0 Å². The summed E-state index contributed by atoms with van der Waals surface area (Å²) in [5.41, 5.74) is 4.76. The first kappa shape index (κ1) is 13.5. The number of aliphatic carboxylic acids is 1. The van der Waals surface area contributed by atoms with Gasteiger partial charge in [-0.3, -0.25) is 9.59 Å². The maximum Gasteiger partial charge on any atom is 0.303 e. The summed E-state index contributed by atoms with van der Waals surface area (Å²) in [6.45, 7) is 3.76. The number of amides is 1. The van der Waals surface area contributed by atoms with Crippen LogP contribution in [-0.2, 0) is 9.59 Å². The van der Waals surface area contributed by atoms with Crippen molar-refractivity contribution in [1.29, 1.82) is 0 Å². The Morgan fingerprint density at radius 2 is 1.58 bits per heavy atom. The molecule has 0 aliphatic rings. The van der Waals surface area contributed by atoms with Crippen molar-refractivity contribution in [2.45, 2.75) is 39.5 Å². The second kappa shape index (κ2) is 9.94. The smallest absolute Gasteiger partial charge is 0.303 e. The summed E-state index contributed by atoms with van der Waals surface area (Å²) in [4.78, 5) is 19.4. The van der Waals surface area contributed by atoms with E-state index in [1.54, 1.807) is 0 Å². The Kier molecular flexibility index (Phi) is 11.2. The molecule has 0 aromatic rings. The zero-order valence-corrected chi connectivity index (χ0v) is 7.67. The number of nitrogens with two attached hydrogens (primary N) is 1. The molecule has 12 heavy (non-hydrogen) atoms. The standard InChI is InChI=1S/C4H9NO.C4H8O2/c2*1-2-3-4(5)6/h2-3H2,1H3,(H2,5,6);2-3H2,1H3,(H,5,6). The number of hydrogen-bond donors (Lipinski definition) is 2. The van der Waals surface area contributed by atoms with Crippen LogP contribution in [0.15, 0.2) is 0 Å². The maximum atomic E-state index is 9.82. The van der Waals surface area contributed by atoms with E-state index < -0.39 is 5.97 Å². The first-order valence-electron chi connectivity index (χ1n) is 4.04. The summed E-state index contributed by atoms with van der Waals surface area (Å²) < 4.78 is 0. The van der Waals surface area contributed by atoms with Crippen LogP contribution >= 0.6 is 0 Å². The minimum Gasteiger partial charge on any atom is -0.481 e. The molecule has 0 aliphatic heterocycles. The molecule has 0 fully saturated rings. The highest BCUT2D eigenvalue weighted by Gasteiger charge is 1.87. The van der Waals surface area contributed by atoms with Crippen molar-refractivity contribution >= 4 is 11.9 Å². The van der Waals surface area contributed by atoms with Crippen molar-refractivity contribution in [2.75, 3.05) is 0 Å². The Morgan fingerprint density at radius 3 is 1.58 bits per heavy atom. The quantitative estimate of drug-likeness (QED) is 0.672. The molecular formula is C8H17NO3. The first-order chi connectivity index (χ1) is 5.54. The molecule has 4 nitrogen and oxygen atoms in total. The Balaban J connectivity index is 0. The maximum absolute atomic E-state index is 9.82. The van der Waals surface area contributed by atoms with Crippen molar-refractivity contribution in [1.82, 2.24) is 0 Å². The van der Waals surface area contributed by atoms with Gasteiger partial charge in [0.2, 0.25) is 5.91 Å². The summed E-state index contributed by atoms with van der Waals surface area (Å²) in [7, 11) is 0. The topological polar surface area (TPSA) is 80.4 Å². The van der Waals surface area contributed by atoms with Crippen LogP contribution in [0.2, 0.25) is 0 Å². The predicted molar refractivity (Wildman–Crippen MR) is 46.6 cm³/mol. The SMILES string of the molecule is CCCC(=O)O.CCCC(N)=O. The van der Waals surface area contributed by atoms with Gasteiger partial charge in [0.1, 0.15) is 0 Å². The van der Waals surface area contributed by atoms with Gasteiger partial charge in [0.25, 0.3) is 0 Å². The zero-order chi connectivity index (χ0) is 9.98. The minimum absolute atomic E-state index is 0.211. The lowest BCUT2D eigenvalue weighted by Crippen LogP contribution is -2.08. The Bertz CT molecular complexity index is 118. The van der Waals surface area contributed by atoms with Crippen LogP contribution in [-0.4, -0.2) is 17.0 Å². The van der Waals surface area contributed by atoms with Crippen molar-refractivity contribution in [3.63, 3.8) is 0 Å². The van der Waals surface area contributed by atoms with Crippen LogP contribution in [0.25, 0.3) is 0 Å². The number of hydrogen-bond acceptors (Lipinski definition) is 2. The van der Waals surface area contributed by atoms with Crippen LogP contribution in [0.5, 0.6) is 0 Å². The van der Waals surface area contributed by atoms with Gasteiger partial charge in [-0.25, -0.2) is 0 Å². The van der Waals surface area contributed by atoms with E-state index in [1.165, 1.54) is 0 Å². The highest BCUT2D eigenvalue weighted by Crippen LogP contribution is 1.82. The first-order valence-corrected chi connectivity index (χ1v) is 4.04. The van der Waals surface area contributed by atoms with E-state index >= 15 is 0 Å². The van der Waals surface area contributed by atoms with Crippen LogP contribution < -0.4 is 5.73 Å². The molecule has 0 radical (unpaired) electrons. The molecule has 0 spiro atoms. The van der Waals surface area contributed by atoms with E-state index in [0.717, 1.165) is 12.8 Å². The van der Waals surface area contributed by atoms with E-state index in [9.17, 15) is 9.59 Å². The molecule has 4 heteroatoms. The average Bonchev–Trinajstić information content (AvgIpc) is 1.87. The van der Waals surface area contributed by atoms with Crippen molar-refractivity contribution in [2.24, 2.45) is 5.73 Å². The lowest BCUT2D eigenvalue weighted by molar-refractivity contribution is -0.137. The third kappa shape index (κ3) is 23.1. The van der Waals surface area contributed by atoms with Crippen molar-refractivity contribution < 1.29 is 14.7 Å². The molecule has 0 rings (SSSR count). The number of primary amides is 1. The number of carbonyl (C=O) groups excluding carboxylic acids is 1. The molecular weight excluding hydrogens is 158 g/mol. The van der Waals surface area contributed by atoms with Crippen molar-refractivity contribution in [3.8, 4) is 0 Å².